The van der Waals surface area contributed by atoms with E-state index in [2.05, 4.69) is 52.3 Å². The summed E-state index contributed by atoms with van der Waals surface area (Å²) in [6.45, 7) is 1.19. The fourth-order valence-corrected chi connectivity index (χ4v) is 10.1. The molecular formula is C42H37N3OSi. The normalized spacial score (nSPS) is 23.9. The molecule has 9 rings (SSSR count). The smallest absolute Gasteiger partial charge is 0.211 e. The summed E-state index contributed by atoms with van der Waals surface area (Å²) in [7, 11) is -3.30. The fourth-order valence-electron chi connectivity index (χ4n) is 7.71. The van der Waals surface area contributed by atoms with E-state index in [1.165, 1.54) is 0 Å². The maximum absolute atomic E-state index is 8.71. The predicted octanol–water partition coefficient (Wildman–Crippen LogP) is 9.07. The highest BCUT2D eigenvalue weighted by Gasteiger charge is 2.44. The summed E-state index contributed by atoms with van der Waals surface area (Å²) >= 11 is 0. The van der Waals surface area contributed by atoms with Crippen LogP contribution in [-0.4, -0.2) is 26.1 Å². The lowest BCUT2D eigenvalue weighted by atomic mass is 9.90. The maximum Gasteiger partial charge on any atom is 0.211 e. The van der Waals surface area contributed by atoms with Crippen LogP contribution in [-0.2, 0) is 0 Å². The van der Waals surface area contributed by atoms with Crippen molar-refractivity contribution in [2.24, 2.45) is 4.99 Å². The van der Waals surface area contributed by atoms with E-state index in [1.807, 2.05) is 93.2 Å². The van der Waals surface area contributed by atoms with Crippen molar-refractivity contribution in [3.63, 3.8) is 0 Å². The first kappa shape index (κ1) is 22.4. The number of aliphatic imine (C=N–C) groups is 1. The van der Waals surface area contributed by atoms with Gasteiger partial charge in [-0.1, -0.05) is 104 Å². The zero-order valence-electron chi connectivity index (χ0n) is 32.5. The third-order valence-electron chi connectivity index (χ3n) is 10.0. The highest BCUT2D eigenvalue weighted by atomic mass is 28.3. The lowest BCUT2D eigenvalue weighted by molar-refractivity contribution is 0.488. The molecule has 5 heteroatoms. The van der Waals surface area contributed by atoms with E-state index in [0.717, 1.165) is 44.9 Å². The van der Waals surface area contributed by atoms with Gasteiger partial charge >= 0.3 is 0 Å². The van der Waals surface area contributed by atoms with Crippen LogP contribution in [0.4, 0.5) is 17.1 Å². The van der Waals surface area contributed by atoms with Gasteiger partial charge in [-0.25, -0.2) is 4.99 Å². The Bertz CT molecular complexity index is 2450. The van der Waals surface area contributed by atoms with E-state index in [4.69, 9.17) is 18.0 Å². The van der Waals surface area contributed by atoms with Gasteiger partial charge in [0.1, 0.15) is 19.6 Å². The van der Waals surface area contributed by atoms with Gasteiger partial charge in [-0.3, -0.25) is 4.90 Å². The van der Waals surface area contributed by atoms with Crippen molar-refractivity contribution >= 4 is 41.5 Å². The molecule has 5 aromatic rings. The molecule has 5 aromatic carbocycles. The summed E-state index contributed by atoms with van der Waals surface area (Å²) in [5.41, 5.74) is 7.97. The zero-order valence-corrected chi connectivity index (χ0v) is 27.5. The molecule has 4 aliphatic rings. The third kappa shape index (κ3) is 4.09. The third-order valence-corrected chi connectivity index (χ3v) is 13.0. The van der Waals surface area contributed by atoms with Gasteiger partial charge in [0, 0.05) is 19.5 Å². The molecule has 230 valence electrons. The number of aryl methyl sites for hydroxylation is 3. The van der Waals surface area contributed by atoms with E-state index in [0.29, 0.717) is 33.4 Å². The first-order valence-electron chi connectivity index (χ1n) is 19.1. The SMILES string of the molecule is [2H]C([2H])([2H])c1cc(-c2cccc3c2Oc2ccccc2[Si]3(C)C([2H])([2H])[2H])c(C)cc1-c1ccc(N2C3=NC4C=CC=CC4N3c3ccccc32)cc1C. The van der Waals surface area contributed by atoms with Gasteiger partial charge in [0.15, 0.2) is 0 Å². The average molecular weight is 634 g/mol. The molecule has 3 aliphatic heterocycles. The van der Waals surface area contributed by atoms with Crippen LogP contribution in [0.2, 0.25) is 13.0 Å². The van der Waals surface area contributed by atoms with Crippen molar-refractivity contribution in [1.29, 1.82) is 0 Å². The Morgan fingerprint density at radius 1 is 0.723 bits per heavy atom. The van der Waals surface area contributed by atoms with Gasteiger partial charge in [0.25, 0.3) is 0 Å². The molecule has 0 N–H and O–H groups in total. The van der Waals surface area contributed by atoms with E-state index in [1.54, 1.807) is 6.07 Å². The van der Waals surface area contributed by atoms with Crippen molar-refractivity contribution < 1.29 is 13.0 Å². The minimum atomic E-state index is -3.30. The van der Waals surface area contributed by atoms with E-state index in [-0.39, 0.29) is 17.6 Å². The number of para-hydroxylation sites is 4. The van der Waals surface area contributed by atoms with Crippen molar-refractivity contribution in [3.05, 3.63) is 138 Å². The number of benzene rings is 5. The number of ether oxygens (including phenoxy) is 1. The molecule has 3 atom stereocenters. The van der Waals surface area contributed by atoms with Crippen LogP contribution in [0.25, 0.3) is 22.3 Å². The second kappa shape index (κ2) is 10.2. The first-order valence-corrected chi connectivity index (χ1v) is 18.6. The summed E-state index contributed by atoms with van der Waals surface area (Å²) < 4.78 is 58.7. The minimum absolute atomic E-state index is 0.0366. The van der Waals surface area contributed by atoms with Crippen molar-refractivity contribution in [3.8, 4) is 33.8 Å². The largest absolute Gasteiger partial charge is 0.457 e. The highest BCUT2D eigenvalue weighted by Crippen LogP contribution is 2.47. The quantitative estimate of drug-likeness (QED) is 0.186. The van der Waals surface area contributed by atoms with Gasteiger partial charge in [0.2, 0.25) is 5.96 Å². The Morgan fingerprint density at radius 2 is 1.47 bits per heavy atom. The molecule has 0 radical (unpaired) electrons. The van der Waals surface area contributed by atoms with Crippen molar-refractivity contribution in [1.82, 2.24) is 0 Å². The topological polar surface area (TPSA) is 28.1 Å². The maximum atomic E-state index is 8.71. The van der Waals surface area contributed by atoms with Crippen LogP contribution in [0.3, 0.4) is 0 Å². The Kier molecular flexibility index (Phi) is 4.85. The van der Waals surface area contributed by atoms with Gasteiger partial charge in [-0.2, -0.15) is 0 Å². The van der Waals surface area contributed by atoms with Crippen LogP contribution in [0, 0.1) is 20.7 Å². The molecule has 1 aliphatic carbocycles. The number of guanidine groups is 1. The van der Waals surface area contributed by atoms with Gasteiger partial charge in [-0.15, -0.1) is 0 Å². The molecule has 0 amide bonds. The minimum Gasteiger partial charge on any atom is -0.457 e. The summed E-state index contributed by atoms with van der Waals surface area (Å²) in [6.07, 6.45) is 8.46. The second-order valence-electron chi connectivity index (χ2n) is 13.0. The number of allylic oxidation sites excluding steroid dienone is 2. The summed E-state index contributed by atoms with van der Waals surface area (Å²) in [4.78, 5) is 9.62. The molecule has 0 spiro atoms. The average Bonchev–Trinajstić information content (AvgIpc) is 3.65. The van der Waals surface area contributed by atoms with Gasteiger partial charge in [-0.05, 0) is 94.8 Å². The number of anilines is 3. The number of fused-ring (bicyclic) bond motifs is 7. The van der Waals surface area contributed by atoms with Gasteiger partial charge < -0.3 is 9.64 Å². The molecular weight excluding hydrogens is 591 g/mol. The molecule has 0 bridgehead atoms. The van der Waals surface area contributed by atoms with E-state index < -0.39 is 21.4 Å². The number of hydrogen-bond donors (Lipinski definition) is 0. The molecule has 3 heterocycles. The number of nitrogens with zero attached hydrogens (tertiary/aromatic N) is 3. The van der Waals surface area contributed by atoms with E-state index in [9.17, 15) is 0 Å². The number of hydrogen-bond acceptors (Lipinski definition) is 4. The molecule has 0 saturated heterocycles. The van der Waals surface area contributed by atoms with Crippen LogP contribution in [0.5, 0.6) is 11.5 Å². The van der Waals surface area contributed by atoms with Crippen LogP contribution >= 0.6 is 0 Å². The fraction of sp³-hybridized carbons (Fsp3) is 0.167. The summed E-state index contributed by atoms with van der Waals surface area (Å²) in [6, 6.07) is 31.4. The monoisotopic (exact) mass is 633 g/mol. The van der Waals surface area contributed by atoms with Crippen molar-refractivity contribution in [2.45, 2.75) is 45.8 Å². The Hall–Kier alpha value is -5.13. The molecule has 3 unspecified atom stereocenters. The highest BCUT2D eigenvalue weighted by molar-refractivity contribution is 7.01. The predicted molar refractivity (Wildman–Crippen MR) is 199 cm³/mol. The Labute approximate surface area is 286 Å². The molecule has 0 saturated carbocycles. The zero-order chi connectivity index (χ0) is 37.0. The Morgan fingerprint density at radius 3 is 2.32 bits per heavy atom. The molecule has 4 nitrogen and oxygen atoms in total. The Balaban J connectivity index is 1.16. The molecule has 0 aromatic heterocycles. The first-order chi connectivity index (χ1) is 25.3. The molecule has 47 heavy (non-hydrogen) atoms. The molecule has 0 fully saturated rings. The van der Waals surface area contributed by atoms with Crippen LogP contribution in [0.15, 0.2) is 126 Å². The lowest BCUT2D eigenvalue weighted by Crippen LogP contribution is -2.56. The second-order valence-corrected chi connectivity index (χ2v) is 16.3. The van der Waals surface area contributed by atoms with Crippen molar-refractivity contribution in [2.75, 3.05) is 9.80 Å². The van der Waals surface area contributed by atoms with Crippen LogP contribution in [0.1, 0.15) is 24.9 Å². The van der Waals surface area contributed by atoms with Gasteiger partial charge in [0.05, 0.1) is 23.5 Å². The number of rotatable bonds is 3. The lowest BCUT2D eigenvalue weighted by Gasteiger charge is -2.34. The van der Waals surface area contributed by atoms with E-state index >= 15 is 0 Å². The standard InChI is InChI=1S/C42H37N3OSi/c1-26-23-29(44-36-16-8-9-17-37(36)45-35-15-7-6-14-34(35)43-42(44)45)21-22-30(26)32-24-28(3)33(25-27(32)2)31-13-12-20-40-41(31)46-38-18-10-11-19-39(38)47(40,4)5/h6-25,34-35H,1-5H3/i2D3,4D3. The summed E-state index contributed by atoms with van der Waals surface area (Å²) in [5, 5.41) is 1.41. The summed E-state index contributed by atoms with van der Waals surface area (Å²) in [5.74, 6) is 1.91. The van der Waals surface area contributed by atoms with Crippen LogP contribution < -0.4 is 24.9 Å².